The van der Waals surface area contributed by atoms with Crippen molar-refractivity contribution in [2.24, 2.45) is 0 Å². The molecule has 0 unspecified atom stereocenters. The molecule has 4 nitrogen and oxygen atoms in total. The summed E-state index contributed by atoms with van der Waals surface area (Å²) in [5, 5.41) is 3.13. The molecular formula is C12H13N3O. The van der Waals surface area contributed by atoms with E-state index in [0.717, 1.165) is 0 Å². The number of nitrogens with zero attached hydrogens (tertiary/aromatic N) is 1. The molecule has 0 amide bonds. The Balaban J connectivity index is 2.02. The Hall–Kier alpha value is -2.10. The van der Waals surface area contributed by atoms with E-state index in [1.165, 1.54) is 17.3 Å². The summed E-state index contributed by atoms with van der Waals surface area (Å²) in [4.78, 5) is 17.1. The molecular weight excluding hydrogens is 202 g/mol. The van der Waals surface area contributed by atoms with Crippen molar-refractivity contribution >= 4 is 5.82 Å². The minimum Gasteiger partial charge on any atom is -0.367 e. The van der Waals surface area contributed by atoms with Crippen molar-refractivity contribution in [3.63, 3.8) is 0 Å². The minimum atomic E-state index is -0.339. The largest absolute Gasteiger partial charge is 0.367 e. The molecule has 1 aromatic heterocycles. The van der Waals surface area contributed by atoms with Crippen molar-refractivity contribution in [1.29, 1.82) is 0 Å². The zero-order valence-electron chi connectivity index (χ0n) is 9.03. The lowest BCUT2D eigenvalue weighted by molar-refractivity contribution is 1.03. The van der Waals surface area contributed by atoms with Crippen LogP contribution in [-0.2, 0) is 6.54 Å². The number of rotatable bonds is 3. The Morgan fingerprint density at radius 3 is 2.69 bits per heavy atom. The summed E-state index contributed by atoms with van der Waals surface area (Å²) < 4.78 is 0. The topological polar surface area (TPSA) is 57.8 Å². The monoisotopic (exact) mass is 215 g/mol. The Kier molecular flexibility index (Phi) is 3.00. The molecule has 0 radical (unpaired) electrons. The molecule has 2 N–H and O–H groups in total. The van der Waals surface area contributed by atoms with Gasteiger partial charge in [-0.05, 0) is 18.6 Å². The Labute approximate surface area is 93.4 Å². The molecule has 0 aliphatic carbocycles. The molecule has 0 atom stereocenters. The van der Waals surface area contributed by atoms with Gasteiger partial charge in [-0.3, -0.25) is 4.98 Å². The van der Waals surface area contributed by atoms with E-state index in [-0.39, 0.29) is 5.69 Å². The number of aromatic nitrogens is 2. The molecule has 0 saturated heterocycles. The van der Waals surface area contributed by atoms with E-state index < -0.39 is 0 Å². The third-order valence-corrected chi connectivity index (χ3v) is 2.28. The minimum absolute atomic E-state index is 0.339. The van der Waals surface area contributed by atoms with Crippen molar-refractivity contribution in [3.05, 3.63) is 58.1 Å². The molecule has 16 heavy (non-hydrogen) atoms. The van der Waals surface area contributed by atoms with Gasteiger partial charge in [-0.1, -0.05) is 29.8 Å². The fourth-order valence-electron chi connectivity index (χ4n) is 1.37. The Morgan fingerprint density at radius 2 is 2.00 bits per heavy atom. The van der Waals surface area contributed by atoms with Crippen LogP contribution in [0.25, 0.3) is 0 Å². The van der Waals surface area contributed by atoms with Gasteiger partial charge in [0, 0.05) is 12.7 Å². The SMILES string of the molecule is Cc1ccc(CNc2ccnc(=O)[nH]2)cc1. The predicted molar refractivity (Wildman–Crippen MR) is 63.4 cm³/mol. The van der Waals surface area contributed by atoms with Crippen LogP contribution >= 0.6 is 0 Å². The molecule has 2 aromatic rings. The van der Waals surface area contributed by atoms with Gasteiger partial charge in [-0.25, -0.2) is 9.78 Å². The van der Waals surface area contributed by atoms with Crippen LogP contribution in [0.15, 0.2) is 41.3 Å². The van der Waals surface area contributed by atoms with Crippen molar-refractivity contribution in [1.82, 2.24) is 9.97 Å². The molecule has 0 aliphatic rings. The first-order valence-electron chi connectivity index (χ1n) is 5.09. The molecule has 0 spiro atoms. The van der Waals surface area contributed by atoms with E-state index in [0.29, 0.717) is 12.4 Å². The van der Waals surface area contributed by atoms with Crippen molar-refractivity contribution < 1.29 is 0 Å². The zero-order valence-corrected chi connectivity index (χ0v) is 9.03. The van der Waals surface area contributed by atoms with Crippen LogP contribution < -0.4 is 11.0 Å². The van der Waals surface area contributed by atoms with Gasteiger partial charge >= 0.3 is 5.69 Å². The van der Waals surface area contributed by atoms with Crippen LogP contribution in [0.2, 0.25) is 0 Å². The molecule has 82 valence electrons. The molecule has 0 saturated carbocycles. The third kappa shape index (κ3) is 2.70. The van der Waals surface area contributed by atoms with Gasteiger partial charge < -0.3 is 5.32 Å². The second-order valence-electron chi connectivity index (χ2n) is 3.63. The van der Waals surface area contributed by atoms with Crippen LogP contribution in [0.4, 0.5) is 5.82 Å². The van der Waals surface area contributed by atoms with Gasteiger partial charge in [0.2, 0.25) is 0 Å². The highest BCUT2D eigenvalue weighted by Crippen LogP contribution is 2.05. The van der Waals surface area contributed by atoms with E-state index in [2.05, 4.69) is 46.5 Å². The normalized spacial score (nSPS) is 10.1. The maximum absolute atomic E-state index is 10.9. The predicted octanol–water partition coefficient (Wildman–Crippen LogP) is 1.69. The van der Waals surface area contributed by atoms with Crippen LogP contribution in [0.3, 0.4) is 0 Å². The second kappa shape index (κ2) is 4.61. The van der Waals surface area contributed by atoms with Crippen LogP contribution in [0.5, 0.6) is 0 Å². The van der Waals surface area contributed by atoms with Crippen LogP contribution in [0, 0.1) is 6.92 Å². The zero-order chi connectivity index (χ0) is 11.4. The quantitative estimate of drug-likeness (QED) is 0.819. The van der Waals surface area contributed by atoms with Gasteiger partial charge in [0.05, 0.1) is 0 Å². The highest BCUT2D eigenvalue weighted by Gasteiger charge is 1.94. The number of aryl methyl sites for hydroxylation is 1. The number of H-pyrrole nitrogens is 1. The first-order valence-corrected chi connectivity index (χ1v) is 5.09. The molecule has 1 aromatic carbocycles. The summed E-state index contributed by atoms with van der Waals surface area (Å²) in [6, 6.07) is 9.97. The summed E-state index contributed by atoms with van der Waals surface area (Å²) >= 11 is 0. The summed E-state index contributed by atoms with van der Waals surface area (Å²) in [6.07, 6.45) is 1.48. The average Bonchev–Trinajstić information content (AvgIpc) is 2.28. The number of benzene rings is 1. The van der Waals surface area contributed by atoms with E-state index in [9.17, 15) is 4.79 Å². The number of nitrogens with one attached hydrogen (secondary N) is 2. The van der Waals surface area contributed by atoms with Crippen molar-refractivity contribution in [2.45, 2.75) is 13.5 Å². The number of aromatic amines is 1. The first kappa shape index (κ1) is 10.4. The lowest BCUT2D eigenvalue weighted by Crippen LogP contribution is -2.12. The van der Waals surface area contributed by atoms with Crippen LogP contribution in [0.1, 0.15) is 11.1 Å². The van der Waals surface area contributed by atoms with Gasteiger partial charge in [-0.15, -0.1) is 0 Å². The number of anilines is 1. The van der Waals surface area contributed by atoms with E-state index in [1.54, 1.807) is 6.07 Å². The average molecular weight is 215 g/mol. The lowest BCUT2D eigenvalue weighted by atomic mass is 10.1. The molecule has 2 rings (SSSR count). The standard InChI is InChI=1S/C12H13N3O/c1-9-2-4-10(5-3-9)8-14-11-6-7-13-12(16)15-11/h2-7H,8H2,1H3,(H2,13,14,15,16). The smallest absolute Gasteiger partial charge is 0.346 e. The van der Waals surface area contributed by atoms with Crippen molar-refractivity contribution in [3.8, 4) is 0 Å². The first-order chi connectivity index (χ1) is 7.74. The fraction of sp³-hybridized carbons (Fsp3) is 0.167. The summed E-state index contributed by atoms with van der Waals surface area (Å²) in [7, 11) is 0. The van der Waals surface area contributed by atoms with E-state index >= 15 is 0 Å². The molecule has 0 bridgehead atoms. The fourth-order valence-corrected chi connectivity index (χ4v) is 1.37. The molecule has 0 aliphatic heterocycles. The summed E-state index contributed by atoms with van der Waals surface area (Å²) in [5.74, 6) is 0.681. The van der Waals surface area contributed by atoms with Gasteiger partial charge in [0.1, 0.15) is 5.82 Å². The molecule has 0 fully saturated rings. The second-order valence-corrected chi connectivity index (χ2v) is 3.63. The maximum atomic E-state index is 10.9. The third-order valence-electron chi connectivity index (χ3n) is 2.28. The Morgan fingerprint density at radius 1 is 1.25 bits per heavy atom. The molecule has 4 heteroatoms. The highest BCUT2D eigenvalue weighted by atomic mass is 16.1. The number of hydrogen-bond acceptors (Lipinski definition) is 3. The van der Waals surface area contributed by atoms with E-state index in [4.69, 9.17) is 0 Å². The molecule has 1 heterocycles. The number of hydrogen-bond donors (Lipinski definition) is 2. The summed E-state index contributed by atoms with van der Waals surface area (Å²) in [5.41, 5.74) is 2.07. The highest BCUT2D eigenvalue weighted by molar-refractivity contribution is 5.33. The van der Waals surface area contributed by atoms with Gasteiger partial charge in [0.25, 0.3) is 0 Å². The van der Waals surface area contributed by atoms with Crippen molar-refractivity contribution in [2.75, 3.05) is 5.32 Å². The maximum Gasteiger partial charge on any atom is 0.346 e. The van der Waals surface area contributed by atoms with Gasteiger partial charge in [0.15, 0.2) is 0 Å². The van der Waals surface area contributed by atoms with E-state index in [1.807, 2.05) is 0 Å². The summed E-state index contributed by atoms with van der Waals surface area (Å²) in [6.45, 7) is 2.73. The van der Waals surface area contributed by atoms with Gasteiger partial charge in [-0.2, -0.15) is 0 Å². The Bertz CT molecular complexity index is 516. The van der Waals surface area contributed by atoms with Crippen LogP contribution in [-0.4, -0.2) is 9.97 Å². The lowest BCUT2D eigenvalue weighted by Gasteiger charge is -2.05.